The minimum absolute atomic E-state index is 0.644. The molecule has 1 aromatic heterocycles. The van der Waals surface area contributed by atoms with Gasteiger partial charge in [-0.05, 0) is 43.1 Å². The summed E-state index contributed by atoms with van der Waals surface area (Å²) in [5, 5.41) is 0. The van der Waals surface area contributed by atoms with Crippen molar-refractivity contribution in [1.29, 1.82) is 0 Å². The fourth-order valence-electron chi connectivity index (χ4n) is 2.69. The number of rotatable bonds is 3. The van der Waals surface area contributed by atoms with Crippen LogP contribution < -0.4 is 4.74 Å². The number of aromatic nitrogens is 2. The molecular formula is C14H18N2O2S. The molecule has 0 radical (unpaired) electrons. The molecule has 1 fully saturated rings. The third kappa shape index (κ3) is 2.40. The lowest BCUT2D eigenvalue weighted by molar-refractivity contribution is 0.0615. The van der Waals surface area contributed by atoms with E-state index < -0.39 is 0 Å². The Bertz CT molecular complexity index is 626. The normalized spacial score (nSPS) is 16.9. The molecule has 0 atom stereocenters. The average molecular weight is 278 g/mol. The number of hydrogen-bond donors (Lipinski definition) is 1. The molecule has 102 valence electrons. The van der Waals surface area contributed by atoms with Crippen molar-refractivity contribution in [2.24, 2.45) is 5.92 Å². The van der Waals surface area contributed by atoms with Crippen molar-refractivity contribution in [1.82, 2.24) is 9.55 Å². The number of methoxy groups -OCH3 is 1. The van der Waals surface area contributed by atoms with Crippen molar-refractivity contribution in [3.05, 3.63) is 23.0 Å². The molecule has 0 unspecified atom stereocenters. The van der Waals surface area contributed by atoms with Crippen LogP contribution >= 0.6 is 12.2 Å². The lowest BCUT2D eigenvalue weighted by Gasteiger charge is -2.22. The zero-order valence-electron chi connectivity index (χ0n) is 11.0. The Labute approximate surface area is 117 Å². The summed E-state index contributed by atoms with van der Waals surface area (Å²) in [4.78, 5) is 3.26. The van der Waals surface area contributed by atoms with Crippen LogP contribution in [0.1, 0.15) is 12.8 Å². The molecule has 1 aliphatic heterocycles. The number of hydrogen-bond acceptors (Lipinski definition) is 3. The Morgan fingerprint density at radius 2 is 2.21 bits per heavy atom. The van der Waals surface area contributed by atoms with E-state index in [2.05, 4.69) is 15.6 Å². The van der Waals surface area contributed by atoms with Crippen LogP contribution in [0.4, 0.5) is 0 Å². The maximum absolute atomic E-state index is 5.45. The highest BCUT2D eigenvalue weighted by Crippen LogP contribution is 2.26. The molecule has 0 bridgehead atoms. The number of ether oxygens (including phenoxy) is 2. The number of H-pyrrole nitrogens is 1. The molecule has 1 aliphatic rings. The second-order valence-corrected chi connectivity index (χ2v) is 5.34. The van der Waals surface area contributed by atoms with Crippen LogP contribution in [-0.2, 0) is 11.3 Å². The second-order valence-electron chi connectivity index (χ2n) is 4.95. The summed E-state index contributed by atoms with van der Waals surface area (Å²) in [6, 6.07) is 6.04. The van der Waals surface area contributed by atoms with Gasteiger partial charge in [-0.15, -0.1) is 0 Å². The number of fused-ring (bicyclic) bond motifs is 1. The van der Waals surface area contributed by atoms with Gasteiger partial charge in [0, 0.05) is 19.8 Å². The van der Waals surface area contributed by atoms with Gasteiger partial charge in [-0.25, -0.2) is 0 Å². The Balaban J connectivity index is 1.98. The summed E-state index contributed by atoms with van der Waals surface area (Å²) in [7, 11) is 1.68. The molecule has 0 spiro atoms. The fourth-order valence-corrected chi connectivity index (χ4v) is 2.97. The monoisotopic (exact) mass is 278 g/mol. The summed E-state index contributed by atoms with van der Waals surface area (Å²) in [5.41, 5.74) is 2.11. The van der Waals surface area contributed by atoms with E-state index in [1.807, 2.05) is 12.1 Å². The van der Waals surface area contributed by atoms with Crippen LogP contribution in [0.3, 0.4) is 0 Å². The highest BCUT2D eigenvalue weighted by molar-refractivity contribution is 7.71. The summed E-state index contributed by atoms with van der Waals surface area (Å²) >= 11 is 5.45. The first-order valence-electron chi connectivity index (χ1n) is 6.63. The largest absolute Gasteiger partial charge is 0.494 e. The smallest absolute Gasteiger partial charge is 0.178 e. The summed E-state index contributed by atoms with van der Waals surface area (Å²) in [6.07, 6.45) is 2.22. The molecular weight excluding hydrogens is 260 g/mol. The van der Waals surface area contributed by atoms with Crippen LogP contribution in [0.2, 0.25) is 0 Å². The molecule has 2 aromatic rings. The van der Waals surface area contributed by atoms with Gasteiger partial charge in [-0.2, -0.15) is 0 Å². The van der Waals surface area contributed by atoms with Gasteiger partial charge in [0.2, 0.25) is 0 Å². The topological polar surface area (TPSA) is 39.2 Å². The van der Waals surface area contributed by atoms with Crippen LogP contribution in [0.15, 0.2) is 18.2 Å². The van der Waals surface area contributed by atoms with Crippen LogP contribution in [0.5, 0.6) is 5.75 Å². The van der Waals surface area contributed by atoms with E-state index in [0.717, 1.165) is 54.2 Å². The molecule has 1 saturated heterocycles. The third-order valence-electron chi connectivity index (χ3n) is 3.77. The molecule has 1 aromatic carbocycles. The molecule has 0 aliphatic carbocycles. The quantitative estimate of drug-likeness (QED) is 0.877. The number of benzene rings is 1. The fraction of sp³-hybridized carbons (Fsp3) is 0.500. The van der Waals surface area contributed by atoms with E-state index in [1.165, 1.54) is 0 Å². The van der Waals surface area contributed by atoms with Crippen molar-refractivity contribution in [3.8, 4) is 5.75 Å². The molecule has 2 heterocycles. The van der Waals surface area contributed by atoms with Gasteiger partial charge in [0.1, 0.15) is 11.3 Å². The van der Waals surface area contributed by atoms with Gasteiger partial charge in [0.25, 0.3) is 0 Å². The summed E-state index contributed by atoms with van der Waals surface area (Å²) < 4.78 is 13.7. The summed E-state index contributed by atoms with van der Waals surface area (Å²) in [5.74, 6) is 1.49. The van der Waals surface area contributed by atoms with Crippen molar-refractivity contribution in [3.63, 3.8) is 0 Å². The molecule has 0 saturated carbocycles. The number of nitrogens with one attached hydrogen (secondary N) is 1. The average Bonchev–Trinajstić information content (AvgIpc) is 2.76. The minimum atomic E-state index is 0.644. The van der Waals surface area contributed by atoms with Gasteiger partial charge >= 0.3 is 0 Å². The SMILES string of the molecule is COc1cccc2c1[nH]c(=S)n2CC1CCOCC1. The van der Waals surface area contributed by atoms with E-state index in [9.17, 15) is 0 Å². The first kappa shape index (κ1) is 12.7. The predicted molar refractivity (Wildman–Crippen MR) is 77.2 cm³/mol. The Morgan fingerprint density at radius 1 is 1.42 bits per heavy atom. The molecule has 5 heteroatoms. The maximum atomic E-state index is 5.45. The maximum Gasteiger partial charge on any atom is 0.178 e. The molecule has 3 rings (SSSR count). The first-order chi connectivity index (χ1) is 9.29. The van der Waals surface area contributed by atoms with Gasteiger partial charge in [-0.1, -0.05) is 6.07 Å². The van der Waals surface area contributed by atoms with E-state index in [1.54, 1.807) is 7.11 Å². The van der Waals surface area contributed by atoms with Gasteiger partial charge in [0.05, 0.1) is 12.6 Å². The number of para-hydroxylation sites is 1. The van der Waals surface area contributed by atoms with Gasteiger partial charge in [0.15, 0.2) is 4.77 Å². The standard InChI is InChI=1S/C14H18N2O2S/c1-17-12-4-2-3-11-13(12)15-14(19)16(11)9-10-5-7-18-8-6-10/h2-4,10H,5-9H2,1H3,(H,15,19). The van der Waals surface area contributed by atoms with Gasteiger partial charge < -0.3 is 19.0 Å². The molecule has 1 N–H and O–H groups in total. The van der Waals surface area contributed by atoms with Crippen LogP contribution in [0, 0.1) is 10.7 Å². The van der Waals surface area contributed by atoms with Crippen molar-refractivity contribution >= 4 is 23.3 Å². The lowest BCUT2D eigenvalue weighted by atomic mass is 10.0. The Hall–Kier alpha value is -1.33. The van der Waals surface area contributed by atoms with E-state index in [4.69, 9.17) is 21.7 Å². The van der Waals surface area contributed by atoms with Crippen molar-refractivity contribution < 1.29 is 9.47 Å². The highest BCUT2D eigenvalue weighted by atomic mass is 32.1. The minimum Gasteiger partial charge on any atom is -0.494 e. The third-order valence-corrected chi connectivity index (χ3v) is 4.10. The Morgan fingerprint density at radius 3 is 2.95 bits per heavy atom. The van der Waals surface area contributed by atoms with E-state index in [-0.39, 0.29) is 0 Å². The summed E-state index contributed by atoms with van der Waals surface area (Å²) in [6.45, 7) is 2.68. The second kappa shape index (κ2) is 5.35. The number of nitrogens with zero attached hydrogens (tertiary/aromatic N) is 1. The molecule has 4 nitrogen and oxygen atoms in total. The lowest BCUT2D eigenvalue weighted by Crippen LogP contribution is -2.20. The van der Waals surface area contributed by atoms with E-state index >= 15 is 0 Å². The van der Waals surface area contributed by atoms with E-state index in [0.29, 0.717) is 5.92 Å². The predicted octanol–water partition coefficient (Wildman–Crippen LogP) is 3.13. The number of imidazole rings is 1. The van der Waals surface area contributed by atoms with Crippen molar-refractivity contribution in [2.45, 2.75) is 19.4 Å². The zero-order valence-corrected chi connectivity index (χ0v) is 11.8. The number of aromatic amines is 1. The van der Waals surface area contributed by atoms with Crippen molar-refractivity contribution in [2.75, 3.05) is 20.3 Å². The van der Waals surface area contributed by atoms with Crippen LogP contribution in [-0.4, -0.2) is 29.9 Å². The van der Waals surface area contributed by atoms with Gasteiger partial charge in [-0.3, -0.25) is 0 Å². The molecule has 19 heavy (non-hydrogen) atoms. The van der Waals surface area contributed by atoms with Crippen LogP contribution in [0.25, 0.3) is 11.0 Å². The highest BCUT2D eigenvalue weighted by Gasteiger charge is 2.17. The Kier molecular flexibility index (Phi) is 3.57. The molecule has 0 amide bonds. The first-order valence-corrected chi connectivity index (χ1v) is 7.03. The zero-order chi connectivity index (χ0) is 13.2.